The quantitative estimate of drug-likeness (QED) is 0.301. The minimum absolute atomic E-state index is 0.00387. The maximum Gasteiger partial charge on any atom is 0.323 e. The van der Waals surface area contributed by atoms with Gasteiger partial charge in [-0.15, -0.1) is 0 Å². The number of hydrogen-bond acceptors (Lipinski definition) is 8. The van der Waals surface area contributed by atoms with Gasteiger partial charge in [-0.1, -0.05) is 0 Å². The molecule has 1 amide bonds. The summed E-state index contributed by atoms with van der Waals surface area (Å²) in [5.74, 6) is -0.615. The third kappa shape index (κ3) is 5.06. The second-order valence-electron chi connectivity index (χ2n) is 7.73. The lowest BCUT2D eigenvalue weighted by Gasteiger charge is -2.25. The van der Waals surface area contributed by atoms with Crippen molar-refractivity contribution >= 4 is 30.2 Å². The summed E-state index contributed by atoms with van der Waals surface area (Å²) in [4.78, 5) is 39.1. The van der Waals surface area contributed by atoms with Gasteiger partial charge in [-0.25, -0.2) is 0 Å². The number of nitro benzene ring substituents is 1. The van der Waals surface area contributed by atoms with Crippen LogP contribution in [0, 0.1) is 16.0 Å². The van der Waals surface area contributed by atoms with E-state index < -0.39 is 16.9 Å². The number of benzene rings is 1. The maximum absolute atomic E-state index is 12.8. The Morgan fingerprint density at radius 2 is 2.03 bits per heavy atom. The van der Waals surface area contributed by atoms with Gasteiger partial charge >= 0.3 is 5.97 Å². The van der Waals surface area contributed by atoms with Crippen LogP contribution in [-0.4, -0.2) is 70.6 Å². The number of non-ortho nitro benzene ring substituents is 1. The van der Waals surface area contributed by atoms with Gasteiger partial charge in [-0.3, -0.25) is 24.6 Å². The standard InChI is InChI=1S/C19H26N4O5S/c1-21-10-15(29)8-16(21)18(24)22-7-6-13(9-22)17(20)19(25)28-11-12-2-4-14(5-3-12)23(26)27/h2-5,13,15-17,29H,6-11,20H2,1H3/t13-,15-,16-,17?/m0/s1. The van der Waals surface area contributed by atoms with Crippen molar-refractivity contribution in [3.8, 4) is 0 Å². The summed E-state index contributed by atoms with van der Waals surface area (Å²) in [6.07, 6.45) is 1.38. The fraction of sp³-hybridized carbons (Fsp3) is 0.579. The summed E-state index contributed by atoms with van der Waals surface area (Å²) >= 11 is 4.47. The van der Waals surface area contributed by atoms with Gasteiger partial charge in [0.15, 0.2) is 0 Å². The molecule has 4 atom stereocenters. The number of nitro groups is 1. The van der Waals surface area contributed by atoms with Crippen molar-refractivity contribution in [2.45, 2.75) is 36.8 Å². The normalized spacial score (nSPS) is 25.8. The highest BCUT2D eigenvalue weighted by molar-refractivity contribution is 7.81. The molecule has 158 valence electrons. The van der Waals surface area contributed by atoms with Crippen molar-refractivity contribution in [3.05, 3.63) is 39.9 Å². The van der Waals surface area contributed by atoms with Gasteiger partial charge in [0.2, 0.25) is 5.91 Å². The zero-order valence-electron chi connectivity index (χ0n) is 16.3. The van der Waals surface area contributed by atoms with E-state index in [1.807, 2.05) is 11.9 Å². The van der Waals surface area contributed by atoms with Crippen molar-refractivity contribution in [3.63, 3.8) is 0 Å². The van der Waals surface area contributed by atoms with Gasteiger partial charge in [0.05, 0.1) is 11.0 Å². The van der Waals surface area contributed by atoms with E-state index in [2.05, 4.69) is 12.6 Å². The Bertz CT molecular complexity index is 774. The Labute approximate surface area is 174 Å². The number of nitrogens with two attached hydrogens (primary N) is 1. The number of carbonyl (C=O) groups excluding carboxylic acids is 2. The summed E-state index contributed by atoms with van der Waals surface area (Å²) in [5, 5.41) is 10.9. The second-order valence-corrected chi connectivity index (χ2v) is 8.47. The van der Waals surface area contributed by atoms with Crippen molar-refractivity contribution in [2.24, 2.45) is 11.7 Å². The first-order chi connectivity index (χ1) is 13.8. The number of ether oxygens (including phenoxy) is 1. The summed E-state index contributed by atoms with van der Waals surface area (Å²) < 4.78 is 5.27. The number of likely N-dealkylation sites (N-methyl/N-ethyl adjacent to an activating group) is 1. The average molecular weight is 423 g/mol. The molecular weight excluding hydrogens is 396 g/mol. The Morgan fingerprint density at radius 3 is 2.62 bits per heavy atom. The molecule has 3 rings (SSSR count). The molecule has 2 saturated heterocycles. The molecule has 2 fully saturated rings. The molecule has 0 radical (unpaired) electrons. The number of hydrogen-bond donors (Lipinski definition) is 2. The van der Waals surface area contributed by atoms with Crippen molar-refractivity contribution < 1.29 is 19.2 Å². The Morgan fingerprint density at radius 1 is 1.34 bits per heavy atom. The highest BCUT2D eigenvalue weighted by atomic mass is 32.1. The van der Waals surface area contributed by atoms with Crippen LogP contribution in [-0.2, 0) is 20.9 Å². The van der Waals surface area contributed by atoms with Gasteiger partial charge in [-0.2, -0.15) is 12.6 Å². The SMILES string of the molecule is CN1C[C@@H](S)C[C@H]1C(=O)N1CC[C@H](C(N)C(=O)OCc2ccc([N+](=O)[O-])cc2)C1. The molecular formula is C19H26N4O5S. The van der Waals surface area contributed by atoms with Crippen molar-refractivity contribution in [2.75, 3.05) is 26.7 Å². The lowest BCUT2D eigenvalue weighted by atomic mass is 10.00. The van der Waals surface area contributed by atoms with Crippen LogP contribution in [0.2, 0.25) is 0 Å². The third-order valence-corrected chi connectivity index (χ3v) is 6.03. The Balaban J connectivity index is 1.49. The lowest BCUT2D eigenvalue weighted by molar-refractivity contribution is -0.384. The van der Waals surface area contributed by atoms with Crippen LogP contribution in [0.15, 0.2) is 24.3 Å². The molecule has 1 aromatic rings. The molecule has 0 aromatic heterocycles. The first kappa shape index (κ1) is 21.5. The van der Waals surface area contributed by atoms with Crippen molar-refractivity contribution in [1.82, 2.24) is 9.80 Å². The summed E-state index contributed by atoms with van der Waals surface area (Å²) in [5.41, 5.74) is 6.71. The minimum atomic E-state index is -0.815. The molecule has 10 heteroatoms. The molecule has 0 bridgehead atoms. The molecule has 2 aliphatic rings. The molecule has 0 aliphatic carbocycles. The number of amides is 1. The van der Waals surface area contributed by atoms with E-state index in [9.17, 15) is 19.7 Å². The third-order valence-electron chi connectivity index (χ3n) is 5.66. The summed E-state index contributed by atoms with van der Waals surface area (Å²) in [6.45, 7) is 1.80. The van der Waals surface area contributed by atoms with Crippen LogP contribution in [0.3, 0.4) is 0 Å². The first-order valence-electron chi connectivity index (χ1n) is 9.59. The molecule has 0 saturated carbocycles. The van der Waals surface area contributed by atoms with E-state index in [0.29, 0.717) is 25.1 Å². The molecule has 2 aliphatic heterocycles. The predicted octanol–water partition coefficient (Wildman–Crippen LogP) is 0.816. The zero-order chi connectivity index (χ0) is 21.1. The highest BCUT2D eigenvalue weighted by Gasteiger charge is 2.40. The zero-order valence-corrected chi connectivity index (χ0v) is 17.2. The topological polar surface area (TPSA) is 119 Å². The van der Waals surface area contributed by atoms with E-state index in [1.54, 1.807) is 17.0 Å². The number of rotatable bonds is 6. The monoisotopic (exact) mass is 422 g/mol. The minimum Gasteiger partial charge on any atom is -0.460 e. The van der Waals surface area contributed by atoms with E-state index in [0.717, 1.165) is 13.0 Å². The smallest absolute Gasteiger partial charge is 0.323 e. The number of carbonyl (C=O) groups is 2. The molecule has 1 aromatic carbocycles. The van der Waals surface area contributed by atoms with Gasteiger partial charge < -0.3 is 15.4 Å². The van der Waals surface area contributed by atoms with Crippen LogP contribution in [0.25, 0.3) is 0 Å². The number of esters is 1. The molecule has 1 unspecified atom stereocenters. The van der Waals surface area contributed by atoms with Gasteiger partial charge in [0.25, 0.3) is 5.69 Å². The molecule has 2 N–H and O–H groups in total. The van der Waals surface area contributed by atoms with E-state index in [-0.39, 0.29) is 35.4 Å². The van der Waals surface area contributed by atoms with Crippen LogP contribution >= 0.6 is 12.6 Å². The predicted molar refractivity (Wildman–Crippen MR) is 109 cm³/mol. The molecule has 2 heterocycles. The molecule has 29 heavy (non-hydrogen) atoms. The fourth-order valence-electron chi connectivity index (χ4n) is 3.91. The van der Waals surface area contributed by atoms with E-state index in [1.165, 1.54) is 12.1 Å². The van der Waals surface area contributed by atoms with Gasteiger partial charge in [0.1, 0.15) is 12.6 Å². The van der Waals surface area contributed by atoms with E-state index in [4.69, 9.17) is 10.5 Å². The number of likely N-dealkylation sites (tertiary alicyclic amines) is 2. The lowest BCUT2D eigenvalue weighted by Crippen LogP contribution is -2.45. The van der Waals surface area contributed by atoms with Crippen LogP contribution in [0.5, 0.6) is 0 Å². The second kappa shape index (κ2) is 9.10. The van der Waals surface area contributed by atoms with Crippen molar-refractivity contribution in [1.29, 1.82) is 0 Å². The highest BCUT2D eigenvalue weighted by Crippen LogP contribution is 2.26. The maximum atomic E-state index is 12.8. The van der Waals surface area contributed by atoms with Crippen LogP contribution in [0.1, 0.15) is 18.4 Å². The number of nitrogens with zero attached hydrogens (tertiary/aromatic N) is 3. The summed E-state index contributed by atoms with van der Waals surface area (Å²) in [7, 11) is 1.92. The first-order valence-corrected chi connectivity index (χ1v) is 10.1. The van der Waals surface area contributed by atoms with Gasteiger partial charge in [-0.05, 0) is 37.6 Å². The van der Waals surface area contributed by atoms with Gasteiger partial charge in [0, 0.05) is 42.9 Å². The summed E-state index contributed by atoms with van der Waals surface area (Å²) in [6, 6.07) is 4.82. The molecule has 9 nitrogen and oxygen atoms in total. The van der Waals surface area contributed by atoms with E-state index >= 15 is 0 Å². The average Bonchev–Trinajstić information content (AvgIpc) is 3.31. The van der Waals surface area contributed by atoms with Crippen LogP contribution < -0.4 is 5.73 Å². The molecule has 0 spiro atoms. The Kier molecular flexibility index (Phi) is 6.76. The largest absolute Gasteiger partial charge is 0.460 e. The Hall–Kier alpha value is -2.17. The number of thiol groups is 1. The fourth-order valence-corrected chi connectivity index (χ4v) is 4.37. The van der Waals surface area contributed by atoms with Crippen LogP contribution in [0.4, 0.5) is 5.69 Å².